The van der Waals surface area contributed by atoms with Crippen molar-refractivity contribution in [1.29, 1.82) is 0 Å². The fourth-order valence-electron chi connectivity index (χ4n) is 2.62. The zero-order chi connectivity index (χ0) is 12.5. The number of nitrogens with one attached hydrogen (secondary N) is 1. The zero-order valence-electron chi connectivity index (χ0n) is 11.0. The molecule has 0 aromatic heterocycles. The molecular formula is C15H21ClN2. The van der Waals surface area contributed by atoms with Gasteiger partial charge in [0.1, 0.15) is 0 Å². The van der Waals surface area contributed by atoms with Gasteiger partial charge in [-0.3, -0.25) is 0 Å². The van der Waals surface area contributed by atoms with Crippen LogP contribution in [0, 0.1) is 5.92 Å². The standard InChI is InChI=1S/C15H21ClN2/c1-11-6-7-18(10-11)15-5-2-12(8-14(15)16)9-17-13-3-4-13/h2,5,8,11,13,17H,3-4,6-7,9-10H2,1H3. The molecule has 18 heavy (non-hydrogen) atoms. The van der Waals surface area contributed by atoms with Gasteiger partial charge in [0.05, 0.1) is 10.7 Å². The third kappa shape index (κ3) is 2.81. The quantitative estimate of drug-likeness (QED) is 0.896. The minimum absolute atomic E-state index is 0.753. The average molecular weight is 265 g/mol. The monoisotopic (exact) mass is 264 g/mol. The minimum Gasteiger partial charge on any atom is -0.370 e. The molecule has 0 radical (unpaired) electrons. The van der Waals surface area contributed by atoms with E-state index in [9.17, 15) is 0 Å². The molecule has 1 saturated heterocycles. The van der Waals surface area contributed by atoms with Crippen LogP contribution in [0.5, 0.6) is 0 Å². The lowest BCUT2D eigenvalue weighted by Crippen LogP contribution is -2.20. The van der Waals surface area contributed by atoms with Crippen molar-refractivity contribution in [2.75, 3.05) is 18.0 Å². The lowest BCUT2D eigenvalue weighted by atomic mass is 10.1. The molecule has 0 amide bonds. The summed E-state index contributed by atoms with van der Waals surface area (Å²) in [6.07, 6.45) is 3.94. The molecule has 0 bridgehead atoms. The molecule has 2 fully saturated rings. The summed E-state index contributed by atoms with van der Waals surface area (Å²) < 4.78 is 0. The Morgan fingerprint density at radius 3 is 2.78 bits per heavy atom. The van der Waals surface area contributed by atoms with Crippen LogP contribution >= 0.6 is 11.6 Å². The van der Waals surface area contributed by atoms with Crippen molar-refractivity contribution in [3.05, 3.63) is 28.8 Å². The summed E-state index contributed by atoms with van der Waals surface area (Å²) in [5.41, 5.74) is 2.50. The van der Waals surface area contributed by atoms with Gasteiger partial charge in [0, 0.05) is 25.7 Å². The Morgan fingerprint density at radius 1 is 1.33 bits per heavy atom. The number of nitrogens with zero attached hydrogens (tertiary/aromatic N) is 1. The summed E-state index contributed by atoms with van der Waals surface area (Å²) in [6, 6.07) is 7.27. The molecule has 1 aromatic rings. The smallest absolute Gasteiger partial charge is 0.0642 e. The van der Waals surface area contributed by atoms with Gasteiger partial charge in [-0.25, -0.2) is 0 Å². The topological polar surface area (TPSA) is 15.3 Å². The fraction of sp³-hybridized carbons (Fsp3) is 0.600. The fourth-order valence-corrected chi connectivity index (χ4v) is 2.94. The van der Waals surface area contributed by atoms with E-state index in [4.69, 9.17) is 11.6 Å². The minimum atomic E-state index is 0.753. The van der Waals surface area contributed by atoms with Crippen LogP contribution in [0.4, 0.5) is 5.69 Å². The van der Waals surface area contributed by atoms with Crippen molar-refractivity contribution < 1.29 is 0 Å². The van der Waals surface area contributed by atoms with Crippen LogP contribution in [-0.2, 0) is 6.54 Å². The number of hydrogen-bond donors (Lipinski definition) is 1. The van der Waals surface area contributed by atoms with Crippen molar-refractivity contribution in [1.82, 2.24) is 5.32 Å². The largest absolute Gasteiger partial charge is 0.370 e. The maximum absolute atomic E-state index is 6.42. The highest BCUT2D eigenvalue weighted by Gasteiger charge is 2.22. The molecular weight excluding hydrogens is 244 g/mol. The Hall–Kier alpha value is -0.730. The van der Waals surface area contributed by atoms with E-state index in [2.05, 4.69) is 35.3 Å². The van der Waals surface area contributed by atoms with Gasteiger partial charge >= 0.3 is 0 Å². The van der Waals surface area contributed by atoms with Crippen molar-refractivity contribution in [3.8, 4) is 0 Å². The first-order valence-corrected chi connectivity index (χ1v) is 7.37. The Labute approximate surface area is 114 Å². The molecule has 3 rings (SSSR count). The predicted octanol–water partition coefficient (Wildman–Crippen LogP) is 3.44. The lowest BCUT2D eigenvalue weighted by molar-refractivity contribution is 0.659. The van der Waals surface area contributed by atoms with Crippen LogP contribution in [0.3, 0.4) is 0 Å². The van der Waals surface area contributed by atoms with Crippen LogP contribution in [0.15, 0.2) is 18.2 Å². The molecule has 2 aliphatic rings. The summed E-state index contributed by atoms with van der Waals surface area (Å²) in [5.74, 6) is 0.789. The van der Waals surface area contributed by atoms with Gasteiger partial charge in [-0.15, -0.1) is 0 Å². The number of rotatable bonds is 4. The van der Waals surface area contributed by atoms with E-state index in [-0.39, 0.29) is 0 Å². The molecule has 1 aliphatic carbocycles. The Kier molecular flexibility index (Phi) is 3.49. The van der Waals surface area contributed by atoms with Gasteiger partial charge < -0.3 is 10.2 Å². The zero-order valence-corrected chi connectivity index (χ0v) is 11.7. The number of hydrogen-bond acceptors (Lipinski definition) is 2. The molecule has 1 aliphatic heterocycles. The Bertz CT molecular complexity index is 429. The van der Waals surface area contributed by atoms with E-state index in [1.54, 1.807) is 0 Å². The SMILES string of the molecule is CC1CCN(c2ccc(CNC3CC3)cc2Cl)C1. The highest BCUT2D eigenvalue weighted by Crippen LogP contribution is 2.31. The van der Waals surface area contributed by atoms with Crippen LogP contribution in [0.25, 0.3) is 0 Å². The van der Waals surface area contributed by atoms with Crippen molar-refractivity contribution in [2.45, 2.75) is 38.8 Å². The number of benzene rings is 1. The molecule has 0 spiro atoms. The van der Waals surface area contributed by atoms with Gasteiger partial charge in [0.15, 0.2) is 0 Å². The summed E-state index contributed by atoms with van der Waals surface area (Å²) >= 11 is 6.42. The van der Waals surface area contributed by atoms with E-state index < -0.39 is 0 Å². The third-order valence-corrected chi connectivity index (χ3v) is 4.25. The average Bonchev–Trinajstić information content (AvgIpc) is 3.09. The second-order valence-corrected chi connectivity index (χ2v) is 6.19. The van der Waals surface area contributed by atoms with Gasteiger partial charge in [-0.2, -0.15) is 0 Å². The summed E-state index contributed by atoms with van der Waals surface area (Å²) in [5, 5.41) is 4.43. The molecule has 3 heteroatoms. The molecule has 98 valence electrons. The maximum Gasteiger partial charge on any atom is 0.0642 e. The molecule has 1 aromatic carbocycles. The first-order chi connectivity index (χ1) is 8.72. The molecule has 1 N–H and O–H groups in total. The maximum atomic E-state index is 6.42. The number of halogens is 1. The van der Waals surface area contributed by atoms with Crippen molar-refractivity contribution in [2.24, 2.45) is 5.92 Å². The van der Waals surface area contributed by atoms with Crippen molar-refractivity contribution >= 4 is 17.3 Å². The first-order valence-electron chi connectivity index (χ1n) is 6.99. The van der Waals surface area contributed by atoms with Crippen LogP contribution in [0.2, 0.25) is 5.02 Å². The van der Waals surface area contributed by atoms with E-state index >= 15 is 0 Å². The van der Waals surface area contributed by atoms with Crippen molar-refractivity contribution in [3.63, 3.8) is 0 Å². The molecule has 1 heterocycles. The van der Waals surface area contributed by atoms with E-state index in [1.807, 2.05) is 0 Å². The van der Waals surface area contributed by atoms with Crippen LogP contribution in [-0.4, -0.2) is 19.1 Å². The summed E-state index contributed by atoms with van der Waals surface area (Å²) in [4.78, 5) is 2.41. The Balaban J connectivity index is 1.67. The van der Waals surface area contributed by atoms with Gasteiger partial charge in [-0.05, 0) is 42.9 Å². The van der Waals surface area contributed by atoms with Crippen LogP contribution < -0.4 is 10.2 Å². The highest BCUT2D eigenvalue weighted by atomic mass is 35.5. The molecule has 2 nitrogen and oxygen atoms in total. The third-order valence-electron chi connectivity index (χ3n) is 3.95. The normalized spacial score (nSPS) is 23.7. The molecule has 1 atom stereocenters. The lowest BCUT2D eigenvalue weighted by Gasteiger charge is -2.20. The first kappa shape index (κ1) is 12.3. The van der Waals surface area contributed by atoms with Gasteiger partial charge in [0.25, 0.3) is 0 Å². The number of anilines is 1. The second-order valence-electron chi connectivity index (χ2n) is 5.78. The summed E-state index contributed by atoms with van der Waals surface area (Å²) in [7, 11) is 0. The summed E-state index contributed by atoms with van der Waals surface area (Å²) in [6.45, 7) is 5.53. The predicted molar refractivity (Wildman–Crippen MR) is 77.3 cm³/mol. The van der Waals surface area contributed by atoms with E-state index in [0.717, 1.165) is 36.6 Å². The second kappa shape index (κ2) is 5.10. The van der Waals surface area contributed by atoms with Gasteiger partial charge in [0.2, 0.25) is 0 Å². The molecule has 1 unspecified atom stereocenters. The van der Waals surface area contributed by atoms with E-state index in [0.29, 0.717) is 0 Å². The molecule has 1 saturated carbocycles. The Morgan fingerprint density at radius 2 is 2.17 bits per heavy atom. The van der Waals surface area contributed by atoms with Gasteiger partial charge in [-0.1, -0.05) is 24.6 Å². The van der Waals surface area contributed by atoms with E-state index in [1.165, 1.54) is 30.5 Å². The highest BCUT2D eigenvalue weighted by molar-refractivity contribution is 6.33. The van der Waals surface area contributed by atoms with Crippen LogP contribution in [0.1, 0.15) is 31.7 Å².